The van der Waals surface area contributed by atoms with E-state index in [0.29, 0.717) is 12.1 Å². The molecule has 2 atom stereocenters. The Balaban J connectivity index is 1.92. The third-order valence-corrected chi connectivity index (χ3v) is 4.93. The highest BCUT2D eigenvalue weighted by Crippen LogP contribution is 2.29. The van der Waals surface area contributed by atoms with Crippen LogP contribution in [0.15, 0.2) is 30.3 Å². The van der Waals surface area contributed by atoms with Gasteiger partial charge in [-0.3, -0.25) is 4.90 Å². The molecule has 2 heteroatoms. The zero-order valence-electron chi connectivity index (χ0n) is 13.5. The molecule has 2 rings (SSSR count). The van der Waals surface area contributed by atoms with Crippen LogP contribution in [-0.2, 0) is 6.42 Å². The van der Waals surface area contributed by atoms with Gasteiger partial charge in [0.05, 0.1) is 0 Å². The second kappa shape index (κ2) is 6.73. The van der Waals surface area contributed by atoms with Gasteiger partial charge in [-0.15, -0.1) is 0 Å². The number of likely N-dealkylation sites (tertiary alicyclic amines) is 1. The van der Waals surface area contributed by atoms with Crippen molar-refractivity contribution in [3.05, 3.63) is 35.9 Å². The summed E-state index contributed by atoms with van der Waals surface area (Å²) in [4.78, 5) is 2.71. The van der Waals surface area contributed by atoms with Gasteiger partial charge in [-0.2, -0.15) is 0 Å². The summed E-state index contributed by atoms with van der Waals surface area (Å²) in [6, 6.07) is 12.2. The van der Waals surface area contributed by atoms with Crippen molar-refractivity contribution in [1.29, 1.82) is 0 Å². The van der Waals surface area contributed by atoms with Gasteiger partial charge in [0, 0.05) is 24.2 Å². The molecule has 0 aromatic heterocycles. The van der Waals surface area contributed by atoms with Gasteiger partial charge >= 0.3 is 0 Å². The Morgan fingerprint density at radius 2 is 1.95 bits per heavy atom. The molecule has 20 heavy (non-hydrogen) atoms. The van der Waals surface area contributed by atoms with Gasteiger partial charge in [0.2, 0.25) is 0 Å². The van der Waals surface area contributed by atoms with Crippen molar-refractivity contribution in [2.75, 3.05) is 13.6 Å². The molecule has 1 aliphatic heterocycles. The zero-order valence-corrected chi connectivity index (χ0v) is 13.5. The van der Waals surface area contributed by atoms with Crippen LogP contribution in [0.3, 0.4) is 0 Å². The SMILES string of the molecule is CNC1CCN(C(C)(C)CCc2ccccc2)C(C)C1. The molecule has 1 saturated heterocycles. The Kier molecular flexibility index (Phi) is 5.22. The molecule has 0 spiro atoms. The molecule has 2 nitrogen and oxygen atoms in total. The Morgan fingerprint density at radius 3 is 2.55 bits per heavy atom. The van der Waals surface area contributed by atoms with E-state index in [9.17, 15) is 0 Å². The average molecular weight is 274 g/mol. The topological polar surface area (TPSA) is 15.3 Å². The maximum atomic E-state index is 3.44. The smallest absolute Gasteiger partial charge is 0.0159 e. The lowest BCUT2D eigenvalue weighted by Crippen LogP contribution is -2.55. The van der Waals surface area contributed by atoms with E-state index in [-0.39, 0.29) is 5.54 Å². The van der Waals surface area contributed by atoms with E-state index < -0.39 is 0 Å². The molecule has 1 heterocycles. The lowest BCUT2D eigenvalue weighted by atomic mass is 9.87. The monoisotopic (exact) mass is 274 g/mol. The van der Waals surface area contributed by atoms with Crippen LogP contribution in [0.2, 0.25) is 0 Å². The maximum Gasteiger partial charge on any atom is 0.0159 e. The van der Waals surface area contributed by atoms with Crippen LogP contribution < -0.4 is 5.32 Å². The largest absolute Gasteiger partial charge is 0.317 e. The first-order valence-electron chi connectivity index (χ1n) is 8.01. The molecule has 2 unspecified atom stereocenters. The van der Waals surface area contributed by atoms with E-state index in [1.54, 1.807) is 0 Å². The van der Waals surface area contributed by atoms with Crippen LogP contribution in [0.5, 0.6) is 0 Å². The van der Waals surface area contributed by atoms with Crippen molar-refractivity contribution in [3.8, 4) is 0 Å². The van der Waals surface area contributed by atoms with Gasteiger partial charge in [0.15, 0.2) is 0 Å². The third kappa shape index (κ3) is 3.83. The molecular weight excluding hydrogens is 244 g/mol. The van der Waals surface area contributed by atoms with Crippen molar-refractivity contribution in [3.63, 3.8) is 0 Å². The lowest BCUT2D eigenvalue weighted by molar-refractivity contribution is 0.0325. The van der Waals surface area contributed by atoms with Gasteiger partial charge in [-0.05, 0) is 59.1 Å². The molecule has 1 aromatic carbocycles. The summed E-state index contributed by atoms with van der Waals surface area (Å²) in [5, 5.41) is 3.44. The predicted molar refractivity (Wildman–Crippen MR) is 87.1 cm³/mol. The van der Waals surface area contributed by atoms with E-state index in [4.69, 9.17) is 0 Å². The number of hydrogen-bond acceptors (Lipinski definition) is 2. The van der Waals surface area contributed by atoms with E-state index in [1.807, 2.05) is 0 Å². The van der Waals surface area contributed by atoms with Crippen LogP contribution in [0.4, 0.5) is 0 Å². The number of nitrogens with one attached hydrogen (secondary N) is 1. The van der Waals surface area contributed by atoms with Crippen LogP contribution in [0.25, 0.3) is 0 Å². The Morgan fingerprint density at radius 1 is 1.25 bits per heavy atom. The van der Waals surface area contributed by atoms with Crippen molar-refractivity contribution in [2.24, 2.45) is 0 Å². The average Bonchev–Trinajstić information content (AvgIpc) is 2.46. The van der Waals surface area contributed by atoms with Gasteiger partial charge in [-0.1, -0.05) is 30.3 Å². The van der Waals surface area contributed by atoms with Crippen LogP contribution in [0, 0.1) is 0 Å². The Hall–Kier alpha value is -0.860. The number of rotatable bonds is 5. The Labute approximate surface area is 124 Å². The van der Waals surface area contributed by atoms with Crippen LogP contribution in [-0.4, -0.2) is 36.1 Å². The van der Waals surface area contributed by atoms with Crippen molar-refractivity contribution in [2.45, 2.75) is 64.1 Å². The van der Waals surface area contributed by atoms with E-state index in [2.05, 4.69) is 68.4 Å². The molecule has 0 saturated carbocycles. The number of aryl methyl sites for hydroxylation is 1. The summed E-state index contributed by atoms with van der Waals surface area (Å²) in [6.07, 6.45) is 4.94. The summed E-state index contributed by atoms with van der Waals surface area (Å²) in [6.45, 7) is 8.42. The highest BCUT2D eigenvalue weighted by atomic mass is 15.2. The minimum Gasteiger partial charge on any atom is -0.317 e. The molecule has 1 aliphatic rings. The molecule has 1 fully saturated rings. The quantitative estimate of drug-likeness (QED) is 0.884. The molecule has 1 aromatic rings. The van der Waals surface area contributed by atoms with Gasteiger partial charge < -0.3 is 5.32 Å². The van der Waals surface area contributed by atoms with Crippen LogP contribution in [0.1, 0.15) is 45.6 Å². The molecular formula is C18H30N2. The fourth-order valence-electron chi connectivity index (χ4n) is 3.57. The molecule has 0 radical (unpaired) electrons. The molecule has 112 valence electrons. The fraction of sp³-hybridized carbons (Fsp3) is 0.667. The molecule has 0 aliphatic carbocycles. The predicted octanol–water partition coefficient (Wildman–Crippen LogP) is 3.47. The second-order valence-corrected chi connectivity index (χ2v) is 6.85. The summed E-state index contributed by atoms with van der Waals surface area (Å²) in [7, 11) is 2.09. The zero-order chi connectivity index (χ0) is 14.6. The van der Waals surface area contributed by atoms with Crippen molar-refractivity contribution >= 4 is 0 Å². The highest BCUT2D eigenvalue weighted by Gasteiger charge is 2.34. The molecule has 1 N–H and O–H groups in total. The minimum absolute atomic E-state index is 0.286. The minimum atomic E-state index is 0.286. The number of benzene rings is 1. The number of piperidine rings is 1. The van der Waals surface area contributed by atoms with Crippen molar-refractivity contribution in [1.82, 2.24) is 10.2 Å². The number of hydrogen-bond donors (Lipinski definition) is 1. The van der Waals surface area contributed by atoms with Crippen molar-refractivity contribution < 1.29 is 0 Å². The standard InChI is InChI=1S/C18H30N2/c1-15-14-17(19-4)11-13-20(15)18(2,3)12-10-16-8-6-5-7-9-16/h5-9,15,17,19H,10-14H2,1-4H3. The van der Waals surface area contributed by atoms with Crippen LogP contribution >= 0.6 is 0 Å². The second-order valence-electron chi connectivity index (χ2n) is 6.85. The van der Waals surface area contributed by atoms with E-state index in [0.717, 1.165) is 0 Å². The highest BCUT2D eigenvalue weighted by molar-refractivity contribution is 5.15. The summed E-state index contributed by atoms with van der Waals surface area (Å²) in [5.41, 5.74) is 1.74. The lowest BCUT2D eigenvalue weighted by Gasteiger charge is -2.47. The van der Waals surface area contributed by atoms with Gasteiger partial charge in [-0.25, -0.2) is 0 Å². The summed E-state index contributed by atoms with van der Waals surface area (Å²) >= 11 is 0. The van der Waals surface area contributed by atoms with Gasteiger partial charge in [0.25, 0.3) is 0 Å². The fourth-order valence-corrected chi connectivity index (χ4v) is 3.57. The Bertz CT molecular complexity index is 399. The maximum absolute atomic E-state index is 3.44. The third-order valence-electron chi connectivity index (χ3n) is 4.93. The molecule has 0 amide bonds. The first kappa shape index (κ1) is 15.5. The molecule has 0 bridgehead atoms. The number of nitrogens with zero attached hydrogens (tertiary/aromatic N) is 1. The van der Waals surface area contributed by atoms with E-state index in [1.165, 1.54) is 37.8 Å². The first-order valence-corrected chi connectivity index (χ1v) is 8.01. The van der Waals surface area contributed by atoms with E-state index >= 15 is 0 Å². The summed E-state index contributed by atoms with van der Waals surface area (Å²) < 4.78 is 0. The normalized spacial score (nSPS) is 24.8. The first-order chi connectivity index (χ1) is 9.53. The van der Waals surface area contributed by atoms with Gasteiger partial charge in [0.1, 0.15) is 0 Å². The summed E-state index contributed by atoms with van der Waals surface area (Å²) in [5.74, 6) is 0.